The van der Waals surface area contributed by atoms with E-state index in [-0.39, 0.29) is 48.8 Å². The van der Waals surface area contributed by atoms with Gasteiger partial charge in [0.2, 0.25) is 5.91 Å². The smallest absolute Gasteiger partial charge is 0.355 e. The lowest BCUT2D eigenvalue weighted by atomic mass is 9.77. The SMILES string of the molecule is CC[Si](CC)(CC)O[C@H](C)[C@H]1C(=O)N2C(C(=O)OCc3ccc(OC)cc3)=C(/C=C/CO)[C@H](C)[C@H]12. The lowest BCUT2D eigenvalue weighted by Crippen LogP contribution is -2.65. The van der Waals surface area contributed by atoms with Gasteiger partial charge in [0, 0.05) is 5.92 Å². The van der Waals surface area contributed by atoms with Gasteiger partial charge < -0.3 is 23.9 Å². The minimum absolute atomic E-state index is 0.0731. The fourth-order valence-electron chi connectivity index (χ4n) is 5.38. The number of hydrogen-bond donors (Lipinski definition) is 1. The van der Waals surface area contributed by atoms with Crippen molar-refractivity contribution in [3.8, 4) is 5.75 Å². The second-order valence-electron chi connectivity index (χ2n) is 9.39. The van der Waals surface area contributed by atoms with Crippen LogP contribution in [0.1, 0.15) is 40.2 Å². The van der Waals surface area contributed by atoms with Crippen LogP contribution in [0.15, 0.2) is 47.7 Å². The molecule has 0 aromatic heterocycles. The third-order valence-corrected chi connectivity index (χ3v) is 12.4. The molecule has 0 spiro atoms. The normalized spacial score (nSPS) is 22.9. The minimum atomic E-state index is -1.89. The molecule has 192 valence electrons. The molecule has 2 heterocycles. The lowest BCUT2D eigenvalue weighted by Gasteiger charge is -2.49. The second-order valence-corrected chi connectivity index (χ2v) is 14.1. The average Bonchev–Trinajstić information content (AvgIpc) is 3.12. The van der Waals surface area contributed by atoms with Gasteiger partial charge >= 0.3 is 5.97 Å². The van der Waals surface area contributed by atoms with Crippen molar-refractivity contribution in [1.82, 2.24) is 4.90 Å². The largest absolute Gasteiger partial charge is 0.497 e. The van der Waals surface area contributed by atoms with E-state index in [1.54, 1.807) is 24.2 Å². The lowest BCUT2D eigenvalue weighted by molar-refractivity contribution is -0.163. The van der Waals surface area contributed by atoms with Crippen molar-refractivity contribution in [1.29, 1.82) is 0 Å². The Morgan fingerprint density at radius 3 is 2.34 bits per heavy atom. The highest BCUT2D eigenvalue weighted by Gasteiger charge is 2.60. The Morgan fingerprint density at radius 1 is 1.17 bits per heavy atom. The summed E-state index contributed by atoms with van der Waals surface area (Å²) in [6, 6.07) is 10.2. The molecule has 35 heavy (non-hydrogen) atoms. The molecule has 0 radical (unpaired) electrons. The molecule has 0 bridgehead atoms. The number of rotatable bonds is 12. The van der Waals surface area contributed by atoms with E-state index in [0.717, 1.165) is 35.0 Å². The minimum Gasteiger partial charge on any atom is -0.497 e. The van der Waals surface area contributed by atoms with E-state index in [1.165, 1.54) is 0 Å². The molecule has 1 N–H and O–H groups in total. The van der Waals surface area contributed by atoms with Crippen LogP contribution >= 0.6 is 0 Å². The van der Waals surface area contributed by atoms with Crippen LogP contribution in [0.25, 0.3) is 0 Å². The number of fused-ring (bicyclic) bond motifs is 1. The van der Waals surface area contributed by atoms with Gasteiger partial charge in [0.15, 0.2) is 8.32 Å². The second kappa shape index (κ2) is 11.5. The molecule has 7 nitrogen and oxygen atoms in total. The highest BCUT2D eigenvalue weighted by molar-refractivity contribution is 6.73. The zero-order valence-corrected chi connectivity index (χ0v) is 22.7. The third kappa shape index (κ3) is 5.24. The first kappa shape index (κ1) is 27.2. The topological polar surface area (TPSA) is 85.3 Å². The molecule has 0 saturated carbocycles. The molecule has 1 aromatic carbocycles. The van der Waals surface area contributed by atoms with Gasteiger partial charge in [0.25, 0.3) is 0 Å². The number of ether oxygens (including phenoxy) is 2. The number of aliphatic hydroxyl groups excluding tert-OH is 1. The van der Waals surface area contributed by atoms with Crippen LogP contribution in [-0.2, 0) is 25.4 Å². The Kier molecular flexibility index (Phi) is 8.96. The average molecular weight is 502 g/mol. The Balaban J connectivity index is 1.80. The molecule has 1 amide bonds. The zero-order valence-electron chi connectivity index (χ0n) is 21.7. The van der Waals surface area contributed by atoms with Gasteiger partial charge in [0.05, 0.1) is 31.8 Å². The van der Waals surface area contributed by atoms with Gasteiger partial charge in [-0.25, -0.2) is 4.79 Å². The molecular formula is C27H39NO6Si. The monoisotopic (exact) mass is 501 g/mol. The van der Waals surface area contributed by atoms with Crippen molar-refractivity contribution in [2.24, 2.45) is 11.8 Å². The highest BCUT2D eigenvalue weighted by atomic mass is 28.4. The fraction of sp³-hybridized carbons (Fsp3) is 0.556. The molecular weight excluding hydrogens is 462 g/mol. The number of aliphatic hydroxyl groups is 1. The van der Waals surface area contributed by atoms with E-state index in [9.17, 15) is 14.7 Å². The Hall–Kier alpha value is -2.42. The van der Waals surface area contributed by atoms with E-state index in [4.69, 9.17) is 13.9 Å². The third-order valence-electron chi connectivity index (χ3n) is 7.71. The molecule has 1 aromatic rings. The standard InChI is InChI=1S/C27H39NO6Si/c1-7-35(8-2,9-3)34-19(5)23-24-18(4)22(11-10-16-29)25(28(24)26(23)30)27(31)33-17-20-12-14-21(32-6)15-13-20/h10-15,18-19,23-24,29H,7-9,16-17H2,1-6H3/b11-10+/t18-,19+,23+,24+/m0/s1. The summed E-state index contributed by atoms with van der Waals surface area (Å²) in [5, 5.41) is 9.35. The molecule has 1 fully saturated rings. The summed E-state index contributed by atoms with van der Waals surface area (Å²) < 4.78 is 17.4. The van der Waals surface area contributed by atoms with Crippen LogP contribution in [0.3, 0.4) is 0 Å². The zero-order chi connectivity index (χ0) is 25.8. The van der Waals surface area contributed by atoms with Crippen molar-refractivity contribution in [3.63, 3.8) is 0 Å². The van der Waals surface area contributed by atoms with Crippen molar-refractivity contribution >= 4 is 20.2 Å². The first-order valence-corrected chi connectivity index (χ1v) is 15.1. The molecule has 0 aliphatic carbocycles. The van der Waals surface area contributed by atoms with Crippen LogP contribution in [0, 0.1) is 11.8 Å². The fourth-order valence-corrected chi connectivity index (χ4v) is 8.31. The van der Waals surface area contributed by atoms with Crippen LogP contribution in [0.5, 0.6) is 5.75 Å². The highest BCUT2D eigenvalue weighted by Crippen LogP contribution is 2.49. The first-order valence-electron chi connectivity index (χ1n) is 12.6. The van der Waals surface area contributed by atoms with Crippen molar-refractivity contribution in [2.75, 3.05) is 13.7 Å². The first-order chi connectivity index (χ1) is 16.8. The Bertz CT molecular complexity index is 960. The summed E-state index contributed by atoms with van der Waals surface area (Å²) in [5.74, 6) is -0.277. The van der Waals surface area contributed by atoms with Crippen LogP contribution in [-0.4, -0.2) is 56.1 Å². The maximum absolute atomic E-state index is 13.4. The number of nitrogens with zero attached hydrogens (tertiary/aromatic N) is 1. The summed E-state index contributed by atoms with van der Waals surface area (Å²) in [7, 11) is -0.291. The number of carbonyl (C=O) groups is 2. The summed E-state index contributed by atoms with van der Waals surface area (Å²) >= 11 is 0. The number of hydrogen-bond acceptors (Lipinski definition) is 6. The predicted octanol–water partition coefficient (Wildman–Crippen LogP) is 4.43. The van der Waals surface area contributed by atoms with Crippen molar-refractivity contribution < 1.29 is 28.6 Å². The van der Waals surface area contributed by atoms with Crippen LogP contribution < -0.4 is 4.74 Å². The van der Waals surface area contributed by atoms with Gasteiger partial charge in [-0.15, -0.1) is 0 Å². The van der Waals surface area contributed by atoms with E-state index in [0.29, 0.717) is 0 Å². The molecule has 0 unspecified atom stereocenters. The summed E-state index contributed by atoms with van der Waals surface area (Å²) in [6.07, 6.45) is 3.12. The van der Waals surface area contributed by atoms with E-state index >= 15 is 0 Å². The number of methoxy groups -OCH3 is 1. The van der Waals surface area contributed by atoms with E-state index < -0.39 is 14.3 Å². The van der Waals surface area contributed by atoms with Crippen molar-refractivity contribution in [2.45, 2.75) is 71.5 Å². The van der Waals surface area contributed by atoms with Gasteiger partial charge in [-0.2, -0.15) is 0 Å². The quantitative estimate of drug-likeness (QED) is 0.259. The summed E-state index contributed by atoms with van der Waals surface area (Å²) in [4.78, 5) is 28.2. The molecule has 4 atom stereocenters. The van der Waals surface area contributed by atoms with Crippen LogP contribution in [0.4, 0.5) is 0 Å². The Labute approximate surface area is 209 Å². The molecule has 3 rings (SSSR count). The predicted molar refractivity (Wildman–Crippen MR) is 137 cm³/mol. The number of esters is 1. The Morgan fingerprint density at radius 2 is 1.80 bits per heavy atom. The molecule has 1 saturated heterocycles. The van der Waals surface area contributed by atoms with Gasteiger partial charge in [0.1, 0.15) is 18.1 Å². The van der Waals surface area contributed by atoms with Gasteiger partial charge in [-0.05, 0) is 48.3 Å². The van der Waals surface area contributed by atoms with Gasteiger partial charge in [-0.1, -0.05) is 52.0 Å². The van der Waals surface area contributed by atoms with Gasteiger partial charge in [-0.3, -0.25) is 4.79 Å². The summed E-state index contributed by atoms with van der Waals surface area (Å²) in [6.45, 7) is 10.5. The number of β-lactam (4-membered cyclic amide) rings is 1. The van der Waals surface area contributed by atoms with Crippen LogP contribution in [0.2, 0.25) is 18.1 Å². The number of carbonyl (C=O) groups excluding carboxylic acids is 2. The maximum atomic E-state index is 13.4. The number of benzene rings is 1. The van der Waals surface area contributed by atoms with E-state index in [1.807, 2.05) is 38.1 Å². The number of allylic oxidation sites excluding steroid dienone is 1. The number of amides is 1. The molecule has 2 aliphatic rings. The molecule has 2 aliphatic heterocycles. The molecule has 8 heteroatoms. The summed E-state index contributed by atoms with van der Waals surface area (Å²) in [5.41, 5.74) is 1.82. The van der Waals surface area contributed by atoms with Crippen molar-refractivity contribution in [3.05, 3.63) is 53.3 Å². The maximum Gasteiger partial charge on any atom is 0.355 e. The van der Waals surface area contributed by atoms with E-state index in [2.05, 4.69) is 20.8 Å².